The molecular formula is C12H21N. The molecule has 1 fully saturated rings. The molecule has 1 heterocycles. The lowest BCUT2D eigenvalue weighted by Crippen LogP contribution is -2.31. The highest BCUT2D eigenvalue weighted by atomic mass is 14.9. The quantitative estimate of drug-likeness (QED) is 0.657. The van der Waals surface area contributed by atoms with Crippen LogP contribution in [-0.2, 0) is 0 Å². The van der Waals surface area contributed by atoms with E-state index in [4.69, 9.17) is 0 Å². The molecule has 0 spiro atoms. The van der Waals surface area contributed by atoms with E-state index in [-0.39, 0.29) is 0 Å². The smallest absolute Gasteiger partial charge is 0.00701 e. The van der Waals surface area contributed by atoms with Crippen LogP contribution in [-0.4, -0.2) is 12.6 Å². The van der Waals surface area contributed by atoms with Gasteiger partial charge in [-0.1, -0.05) is 31.2 Å². The van der Waals surface area contributed by atoms with Crippen LogP contribution in [0.5, 0.6) is 0 Å². The Labute approximate surface area is 81.9 Å². The summed E-state index contributed by atoms with van der Waals surface area (Å²) in [4.78, 5) is 0. The van der Waals surface area contributed by atoms with Crippen molar-refractivity contribution in [3.63, 3.8) is 0 Å². The maximum atomic E-state index is 3.99. The third-order valence-corrected chi connectivity index (χ3v) is 2.99. The van der Waals surface area contributed by atoms with E-state index in [1.165, 1.54) is 31.4 Å². The van der Waals surface area contributed by atoms with E-state index in [2.05, 4.69) is 25.4 Å². The summed E-state index contributed by atoms with van der Waals surface area (Å²) in [5, 5.41) is 3.55. The van der Waals surface area contributed by atoms with Crippen molar-refractivity contribution in [1.82, 2.24) is 5.32 Å². The molecule has 1 N–H and O–H groups in total. The summed E-state index contributed by atoms with van der Waals surface area (Å²) in [6, 6.07) is 0.638. The zero-order chi connectivity index (χ0) is 9.68. The second kappa shape index (κ2) is 5.23. The molecule has 0 bridgehead atoms. The van der Waals surface area contributed by atoms with Crippen molar-refractivity contribution in [2.45, 2.75) is 38.6 Å². The van der Waals surface area contributed by atoms with E-state index in [0.717, 1.165) is 12.3 Å². The second-order valence-electron chi connectivity index (χ2n) is 4.07. The van der Waals surface area contributed by atoms with Gasteiger partial charge in [-0.3, -0.25) is 0 Å². The maximum absolute atomic E-state index is 3.99. The van der Waals surface area contributed by atoms with Crippen LogP contribution in [0.1, 0.15) is 32.6 Å². The number of hydrogen-bond donors (Lipinski definition) is 1. The van der Waals surface area contributed by atoms with Gasteiger partial charge in [-0.05, 0) is 38.6 Å². The van der Waals surface area contributed by atoms with E-state index in [0.29, 0.717) is 6.04 Å². The molecule has 1 heteroatoms. The predicted octanol–water partition coefficient (Wildman–Crippen LogP) is 2.90. The SMILES string of the molecule is C=CC(=C)CC1CCCCNC1C. The molecule has 0 aromatic carbocycles. The molecule has 0 radical (unpaired) electrons. The molecule has 0 aromatic rings. The molecule has 1 rings (SSSR count). The fraction of sp³-hybridized carbons (Fsp3) is 0.667. The van der Waals surface area contributed by atoms with E-state index < -0.39 is 0 Å². The summed E-state index contributed by atoms with van der Waals surface area (Å²) in [6.07, 6.45) is 7.00. The number of nitrogens with one attached hydrogen (secondary N) is 1. The molecule has 1 aliphatic heterocycles. The molecule has 13 heavy (non-hydrogen) atoms. The summed E-state index contributed by atoms with van der Waals surface area (Å²) in [5.74, 6) is 0.757. The first kappa shape index (κ1) is 10.5. The van der Waals surface area contributed by atoms with Crippen LogP contribution in [0.2, 0.25) is 0 Å². The average Bonchev–Trinajstić information content (AvgIpc) is 2.32. The zero-order valence-electron chi connectivity index (χ0n) is 8.68. The number of allylic oxidation sites excluding steroid dienone is 2. The van der Waals surface area contributed by atoms with Gasteiger partial charge in [0.2, 0.25) is 0 Å². The third-order valence-electron chi connectivity index (χ3n) is 2.99. The van der Waals surface area contributed by atoms with Crippen LogP contribution in [0, 0.1) is 5.92 Å². The lowest BCUT2D eigenvalue weighted by Gasteiger charge is -2.22. The molecule has 74 valence electrons. The van der Waals surface area contributed by atoms with Crippen LogP contribution in [0.25, 0.3) is 0 Å². The molecule has 2 atom stereocenters. The third kappa shape index (κ3) is 3.35. The fourth-order valence-electron chi connectivity index (χ4n) is 1.98. The van der Waals surface area contributed by atoms with Crippen molar-refractivity contribution >= 4 is 0 Å². The van der Waals surface area contributed by atoms with Gasteiger partial charge in [0.25, 0.3) is 0 Å². The van der Waals surface area contributed by atoms with Crippen molar-refractivity contribution in [3.05, 3.63) is 24.8 Å². The Hall–Kier alpha value is -0.560. The molecule has 2 unspecified atom stereocenters. The topological polar surface area (TPSA) is 12.0 Å². The summed E-state index contributed by atoms with van der Waals surface area (Å²) in [7, 11) is 0. The molecular weight excluding hydrogens is 158 g/mol. The van der Waals surface area contributed by atoms with Crippen LogP contribution in [0.15, 0.2) is 24.8 Å². The Morgan fingerprint density at radius 1 is 1.54 bits per heavy atom. The standard InChI is InChI=1S/C12H21N/c1-4-10(2)9-12-7-5-6-8-13-11(12)3/h4,11-13H,1-2,5-9H2,3H3. The first-order valence-corrected chi connectivity index (χ1v) is 5.27. The largest absolute Gasteiger partial charge is 0.314 e. The van der Waals surface area contributed by atoms with Gasteiger partial charge in [-0.15, -0.1) is 0 Å². The van der Waals surface area contributed by atoms with Gasteiger partial charge in [-0.2, -0.15) is 0 Å². The summed E-state index contributed by atoms with van der Waals surface area (Å²) >= 11 is 0. The zero-order valence-corrected chi connectivity index (χ0v) is 8.68. The molecule has 1 nitrogen and oxygen atoms in total. The van der Waals surface area contributed by atoms with Crippen LogP contribution in [0.4, 0.5) is 0 Å². The Bertz CT molecular complexity index is 184. The van der Waals surface area contributed by atoms with Gasteiger partial charge >= 0.3 is 0 Å². The number of rotatable bonds is 3. The van der Waals surface area contributed by atoms with Gasteiger partial charge in [-0.25, -0.2) is 0 Å². The first-order valence-electron chi connectivity index (χ1n) is 5.27. The van der Waals surface area contributed by atoms with E-state index in [1.807, 2.05) is 6.08 Å². The van der Waals surface area contributed by atoms with Crippen LogP contribution < -0.4 is 5.32 Å². The molecule has 0 aromatic heterocycles. The lowest BCUT2D eigenvalue weighted by atomic mass is 9.90. The van der Waals surface area contributed by atoms with Crippen LogP contribution in [0.3, 0.4) is 0 Å². The minimum absolute atomic E-state index is 0.638. The van der Waals surface area contributed by atoms with Crippen molar-refractivity contribution < 1.29 is 0 Å². The minimum atomic E-state index is 0.638. The molecule has 0 amide bonds. The highest BCUT2D eigenvalue weighted by Crippen LogP contribution is 2.23. The summed E-state index contributed by atoms with van der Waals surface area (Å²) < 4.78 is 0. The van der Waals surface area contributed by atoms with E-state index in [9.17, 15) is 0 Å². The second-order valence-corrected chi connectivity index (χ2v) is 4.07. The van der Waals surface area contributed by atoms with Gasteiger partial charge in [0.15, 0.2) is 0 Å². The fourth-order valence-corrected chi connectivity index (χ4v) is 1.98. The Balaban J connectivity index is 2.44. The molecule has 0 saturated carbocycles. The maximum Gasteiger partial charge on any atom is 0.00701 e. The van der Waals surface area contributed by atoms with Crippen molar-refractivity contribution in [2.75, 3.05) is 6.54 Å². The van der Waals surface area contributed by atoms with Gasteiger partial charge in [0.1, 0.15) is 0 Å². The lowest BCUT2D eigenvalue weighted by molar-refractivity contribution is 0.383. The average molecular weight is 179 g/mol. The first-order chi connectivity index (χ1) is 6.24. The normalized spacial score (nSPS) is 29.3. The molecule has 1 aliphatic rings. The van der Waals surface area contributed by atoms with E-state index in [1.54, 1.807) is 0 Å². The van der Waals surface area contributed by atoms with Crippen molar-refractivity contribution in [2.24, 2.45) is 5.92 Å². The van der Waals surface area contributed by atoms with E-state index >= 15 is 0 Å². The highest BCUT2D eigenvalue weighted by molar-refractivity contribution is 5.12. The van der Waals surface area contributed by atoms with Gasteiger partial charge in [0.05, 0.1) is 0 Å². The summed E-state index contributed by atoms with van der Waals surface area (Å²) in [5.41, 5.74) is 1.18. The van der Waals surface area contributed by atoms with Gasteiger partial charge in [0, 0.05) is 6.04 Å². The minimum Gasteiger partial charge on any atom is -0.314 e. The Morgan fingerprint density at radius 3 is 3.00 bits per heavy atom. The summed E-state index contributed by atoms with van der Waals surface area (Å²) in [6.45, 7) is 11.2. The Kier molecular flexibility index (Phi) is 4.23. The van der Waals surface area contributed by atoms with Crippen molar-refractivity contribution in [1.29, 1.82) is 0 Å². The Morgan fingerprint density at radius 2 is 2.31 bits per heavy atom. The predicted molar refractivity (Wildman–Crippen MR) is 58.8 cm³/mol. The number of hydrogen-bond acceptors (Lipinski definition) is 1. The highest BCUT2D eigenvalue weighted by Gasteiger charge is 2.19. The molecule has 0 aliphatic carbocycles. The van der Waals surface area contributed by atoms with Gasteiger partial charge < -0.3 is 5.32 Å². The molecule has 1 saturated heterocycles. The van der Waals surface area contributed by atoms with Crippen molar-refractivity contribution in [3.8, 4) is 0 Å². The monoisotopic (exact) mass is 179 g/mol. The van der Waals surface area contributed by atoms with Crippen LogP contribution >= 0.6 is 0 Å².